The van der Waals surface area contributed by atoms with Crippen LogP contribution in [0.1, 0.15) is 37.3 Å². The molecule has 9 heteroatoms. The number of aliphatic imine (C=N–C) groups is 1. The number of nitrogens with zero attached hydrogens (tertiary/aromatic N) is 2. The number of hydrogen-bond donors (Lipinski definition) is 2. The Kier molecular flexibility index (Phi) is 8.52. The summed E-state index contributed by atoms with van der Waals surface area (Å²) in [6.45, 7) is 4.13. The highest BCUT2D eigenvalue weighted by Gasteiger charge is 2.42. The predicted octanol–water partition coefficient (Wildman–Crippen LogP) is 3.04. The molecule has 1 fully saturated rings. The van der Waals surface area contributed by atoms with Crippen molar-refractivity contribution in [3.05, 3.63) is 35.4 Å². The first kappa shape index (κ1) is 24.0. The van der Waals surface area contributed by atoms with Crippen LogP contribution in [0.5, 0.6) is 0 Å². The Morgan fingerprint density at radius 1 is 1.27 bits per heavy atom. The van der Waals surface area contributed by atoms with Crippen LogP contribution in [0.3, 0.4) is 0 Å². The van der Waals surface area contributed by atoms with E-state index in [-0.39, 0.29) is 24.4 Å². The molecule has 0 aromatic heterocycles. The summed E-state index contributed by atoms with van der Waals surface area (Å²) in [5.74, 6) is 0.284. The Bertz CT molecular complexity index is 731. The van der Waals surface area contributed by atoms with Crippen LogP contribution in [0.2, 0.25) is 0 Å². The number of likely N-dealkylation sites (N-methyl/N-ethyl adjacent to an activating group) is 1. The highest BCUT2D eigenvalue weighted by molar-refractivity contribution is 5.86. The van der Waals surface area contributed by atoms with Gasteiger partial charge < -0.3 is 20.3 Å². The third-order valence-corrected chi connectivity index (χ3v) is 5.15. The average Bonchev–Trinajstić information content (AvgIpc) is 3.47. The van der Waals surface area contributed by atoms with Crippen molar-refractivity contribution in [3.63, 3.8) is 0 Å². The summed E-state index contributed by atoms with van der Waals surface area (Å²) in [4.78, 5) is 17.8. The molecule has 1 aliphatic carbocycles. The molecule has 0 aliphatic heterocycles. The molecule has 0 unspecified atom stereocenters. The van der Waals surface area contributed by atoms with E-state index in [1.165, 1.54) is 11.0 Å². The van der Waals surface area contributed by atoms with E-state index < -0.39 is 11.7 Å². The summed E-state index contributed by atoms with van der Waals surface area (Å²) in [5.41, 5.74) is -0.102. The Morgan fingerprint density at radius 2 is 2.00 bits per heavy atom. The fraction of sp³-hybridized carbons (Fsp3) is 0.619. The molecule has 1 amide bonds. The summed E-state index contributed by atoms with van der Waals surface area (Å²) < 4.78 is 44.2. The van der Waals surface area contributed by atoms with E-state index in [1.54, 1.807) is 20.2 Å². The largest absolute Gasteiger partial charge is 0.416 e. The van der Waals surface area contributed by atoms with Gasteiger partial charge in [0.25, 0.3) is 0 Å². The molecule has 0 heterocycles. The van der Waals surface area contributed by atoms with Gasteiger partial charge >= 0.3 is 6.18 Å². The van der Waals surface area contributed by atoms with Gasteiger partial charge in [0.15, 0.2) is 5.96 Å². The van der Waals surface area contributed by atoms with Gasteiger partial charge in [-0.15, -0.1) is 0 Å². The minimum absolute atomic E-state index is 0.0490. The van der Waals surface area contributed by atoms with E-state index in [9.17, 15) is 18.0 Å². The zero-order valence-electron chi connectivity index (χ0n) is 17.8. The molecule has 0 spiro atoms. The lowest BCUT2D eigenvalue weighted by Crippen LogP contribution is -2.44. The third kappa shape index (κ3) is 7.85. The van der Waals surface area contributed by atoms with Crippen LogP contribution in [0.25, 0.3) is 0 Å². The van der Waals surface area contributed by atoms with Gasteiger partial charge in [-0.3, -0.25) is 4.79 Å². The lowest BCUT2D eigenvalue weighted by molar-refractivity contribution is -0.137. The number of amides is 1. The molecule has 0 saturated heterocycles. The molecule has 1 aliphatic rings. The fourth-order valence-electron chi connectivity index (χ4n) is 2.90. The molecule has 0 bridgehead atoms. The number of carbonyl (C=O) groups excluding carboxylic acids is 1. The summed E-state index contributed by atoms with van der Waals surface area (Å²) in [5, 5.41) is 6.23. The van der Waals surface area contributed by atoms with Gasteiger partial charge in [0.2, 0.25) is 5.91 Å². The average molecular weight is 428 g/mol. The fourth-order valence-corrected chi connectivity index (χ4v) is 2.90. The predicted molar refractivity (Wildman–Crippen MR) is 110 cm³/mol. The maximum atomic E-state index is 12.9. The topological polar surface area (TPSA) is 66.0 Å². The number of carbonyl (C=O) groups is 1. The van der Waals surface area contributed by atoms with Crippen LogP contribution < -0.4 is 10.6 Å². The Labute approximate surface area is 175 Å². The smallest absolute Gasteiger partial charge is 0.382 e. The standard InChI is InChI=1S/C21H31F3N4O2/c1-4-30-11-10-20(8-9-20)15-27-19(26-14-18(29)28(2)3)25-13-16-6-5-7-17(12-16)21(22,23)24/h5-7,12H,4,8-11,13-15H2,1-3H3,(H2,25,26,27). The molecule has 2 rings (SSSR count). The van der Waals surface area contributed by atoms with Crippen molar-refractivity contribution >= 4 is 11.9 Å². The number of hydrogen-bond acceptors (Lipinski definition) is 3. The zero-order valence-corrected chi connectivity index (χ0v) is 17.8. The summed E-state index contributed by atoms with van der Waals surface area (Å²) in [6.07, 6.45) is -1.28. The van der Waals surface area contributed by atoms with Gasteiger partial charge in [-0.25, -0.2) is 4.99 Å². The van der Waals surface area contributed by atoms with Gasteiger partial charge in [-0.2, -0.15) is 13.2 Å². The van der Waals surface area contributed by atoms with Crippen molar-refractivity contribution in [2.24, 2.45) is 10.4 Å². The second-order valence-electron chi connectivity index (χ2n) is 7.81. The number of halogens is 3. The number of ether oxygens (including phenoxy) is 1. The number of rotatable bonds is 10. The summed E-state index contributed by atoms with van der Waals surface area (Å²) in [7, 11) is 3.31. The van der Waals surface area contributed by atoms with Crippen LogP contribution in [-0.2, 0) is 22.3 Å². The lowest BCUT2D eigenvalue weighted by Gasteiger charge is -2.19. The molecule has 1 saturated carbocycles. The van der Waals surface area contributed by atoms with Crippen LogP contribution in [0.4, 0.5) is 13.2 Å². The maximum Gasteiger partial charge on any atom is 0.416 e. The second kappa shape index (κ2) is 10.7. The molecule has 1 aromatic rings. The van der Waals surface area contributed by atoms with E-state index in [4.69, 9.17) is 4.74 Å². The normalized spacial score (nSPS) is 15.6. The van der Waals surface area contributed by atoms with E-state index in [0.29, 0.717) is 31.3 Å². The van der Waals surface area contributed by atoms with E-state index in [1.807, 2.05) is 6.92 Å². The van der Waals surface area contributed by atoms with Gasteiger partial charge in [-0.05, 0) is 49.3 Å². The van der Waals surface area contributed by atoms with Crippen molar-refractivity contribution in [2.45, 2.75) is 38.9 Å². The first-order valence-corrected chi connectivity index (χ1v) is 10.1. The van der Waals surface area contributed by atoms with Gasteiger partial charge in [-0.1, -0.05) is 12.1 Å². The molecular formula is C21H31F3N4O2. The molecule has 168 valence electrons. The molecule has 2 N–H and O–H groups in total. The number of guanidine groups is 1. The SMILES string of the molecule is CCOCCC1(CNC(=NCc2cccc(C(F)(F)F)c2)NCC(=O)N(C)C)CC1. The van der Waals surface area contributed by atoms with E-state index in [0.717, 1.165) is 31.4 Å². The van der Waals surface area contributed by atoms with Gasteiger partial charge in [0.1, 0.15) is 0 Å². The van der Waals surface area contributed by atoms with E-state index in [2.05, 4.69) is 15.6 Å². The van der Waals surface area contributed by atoms with Crippen LogP contribution in [0, 0.1) is 5.41 Å². The van der Waals surface area contributed by atoms with Crippen LogP contribution >= 0.6 is 0 Å². The van der Waals surface area contributed by atoms with Crippen molar-refractivity contribution in [1.82, 2.24) is 15.5 Å². The van der Waals surface area contributed by atoms with Crippen molar-refractivity contribution < 1.29 is 22.7 Å². The number of benzene rings is 1. The first-order valence-electron chi connectivity index (χ1n) is 10.1. The molecule has 1 aromatic carbocycles. The quantitative estimate of drug-likeness (QED) is 0.342. The number of nitrogens with one attached hydrogen (secondary N) is 2. The molecule has 0 atom stereocenters. The zero-order chi connectivity index (χ0) is 22.2. The highest BCUT2D eigenvalue weighted by Crippen LogP contribution is 2.48. The van der Waals surface area contributed by atoms with E-state index >= 15 is 0 Å². The third-order valence-electron chi connectivity index (χ3n) is 5.15. The Balaban J connectivity index is 2.02. The highest BCUT2D eigenvalue weighted by atomic mass is 19.4. The Morgan fingerprint density at radius 3 is 2.60 bits per heavy atom. The van der Waals surface area contributed by atoms with Crippen molar-refractivity contribution in [2.75, 3.05) is 40.4 Å². The molecule has 6 nitrogen and oxygen atoms in total. The minimum Gasteiger partial charge on any atom is -0.382 e. The van der Waals surface area contributed by atoms with Crippen molar-refractivity contribution in [1.29, 1.82) is 0 Å². The molecular weight excluding hydrogens is 397 g/mol. The first-order chi connectivity index (χ1) is 14.1. The summed E-state index contributed by atoms with van der Waals surface area (Å²) >= 11 is 0. The monoisotopic (exact) mass is 428 g/mol. The number of alkyl halides is 3. The lowest BCUT2D eigenvalue weighted by atomic mass is 10.0. The molecule has 0 radical (unpaired) electrons. The van der Waals surface area contributed by atoms with Crippen LogP contribution in [0.15, 0.2) is 29.3 Å². The minimum atomic E-state index is -4.39. The van der Waals surface area contributed by atoms with Crippen molar-refractivity contribution in [3.8, 4) is 0 Å². The maximum absolute atomic E-state index is 12.9. The van der Waals surface area contributed by atoms with Gasteiger partial charge in [0.05, 0.1) is 18.7 Å². The van der Waals surface area contributed by atoms with Gasteiger partial charge in [0, 0.05) is 33.9 Å². The summed E-state index contributed by atoms with van der Waals surface area (Å²) in [6, 6.07) is 5.11. The second-order valence-corrected chi connectivity index (χ2v) is 7.81. The Hall–Kier alpha value is -2.29. The van der Waals surface area contributed by atoms with Crippen LogP contribution in [-0.4, -0.2) is 57.2 Å². The molecule has 30 heavy (non-hydrogen) atoms.